The van der Waals surface area contributed by atoms with Crippen molar-refractivity contribution in [2.75, 3.05) is 39.9 Å². The number of fused-ring (bicyclic) bond motifs is 2. The van der Waals surface area contributed by atoms with E-state index in [9.17, 15) is 9.59 Å². The summed E-state index contributed by atoms with van der Waals surface area (Å²) in [5, 5.41) is 3.40. The minimum absolute atomic E-state index is 0.0544. The van der Waals surface area contributed by atoms with E-state index in [1.165, 1.54) is 45.2 Å². The number of carbonyl (C=O) groups is 2. The molecule has 1 aromatic carbocycles. The fraction of sp³-hybridized carbons (Fsp3) is 0.704. The van der Waals surface area contributed by atoms with Crippen molar-refractivity contribution in [2.45, 2.75) is 75.3 Å². The highest BCUT2D eigenvalue weighted by Gasteiger charge is 2.55. The van der Waals surface area contributed by atoms with Crippen LogP contribution in [-0.4, -0.2) is 73.1 Å². The maximum absolute atomic E-state index is 14.0. The average molecular weight is 454 g/mol. The van der Waals surface area contributed by atoms with Crippen molar-refractivity contribution >= 4 is 11.8 Å². The lowest BCUT2D eigenvalue weighted by Crippen LogP contribution is -2.61. The van der Waals surface area contributed by atoms with E-state index in [2.05, 4.69) is 10.2 Å². The molecule has 6 nitrogen and oxygen atoms in total. The summed E-state index contributed by atoms with van der Waals surface area (Å²) < 4.78 is 5.36. The fourth-order valence-corrected chi connectivity index (χ4v) is 7.32. The first-order valence-electron chi connectivity index (χ1n) is 13.1. The van der Waals surface area contributed by atoms with Crippen molar-refractivity contribution in [3.05, 3.63) is 35.4 Å². The molecule has 3 aliphatic heterocycles. The Hall–Kier alpha value is -1.92. The summed E-state index contributed by atoms with van der Waals surface area (Å²) in [6, 6.07) is 8.40. The van der Waals surface area contributed by atoms with Crippen molar-refractivity contribution in [3.8, 4) is 0 Å². The number of piperidine rings is 2. The maximum Gasteiger partial charge on any atom is 0.254 e. The second-order valence-corrected chi connectivity index (χ2v) is 10.5. The summed E-state index contributed by atoms with van der Waals surface area (Å²) in [7, 11) is 1.67. The molecule has 1 aromatic rings. The van der Waals surface area contributed by atoms with Crippen LogP contribution in [0.5, 0.6) is 0 Å². The quantitative estimate of drug-likeness (QED) is 0.715. The molecule has 3 heterocycles. The molecule has 0 radical (unpaired) electrons. The summed E-state index contributed by atoms with van der Waals surface area (Å²) in [5.41, 5.74) is 1.17. The molecule has 6 heteroatoms. The van der Waals surface area contributed by atoms with Crippen LogP contribution in [0.3, 0.4) is 0 Å². The highest BCUT2D eigenvalue weighted by Crippen LogP contribution is 2.50. The van der Waals surface area contributed by atoms with Gasteiger partial charge in [-0.25, -0.2) is 0 Å². The lowest BCUT2D eigenvalue weighted by Gasteiger charge is -2.50. The molecule has 5 rings (SSSR count). The summed E-state index contributed by atoms with van der Waals surface area (Å²) in [4.78, 5) is 32.1. The molecule has 4 aliphatic rings. The van der Waals surface area contributed by atoms with Crippen molar-refractivity contribution in [1.29, 1.82) is 0 Å². The van der Waals surface area contributed by atoms with E-state index in [1.807, 2.05) is 29.2 Å². The van der Waals surface area contributed by atoms with Crippen molar-refractivity contribution in [3.63, 3.8) is 0 Å². The lowest BCUT2D eigenvalue weighted by atomic mass is 9.71. The molecule has 2 amide bonds. The van der Waals surface area contributed by atoms with Crippen LogP contribution in [0.4, 0.5) is 0 Å². The highest BCUT2D eigenvalue weighted by atomic mass is 16.5. The average Bonchev–Trinajstić information content (AvgIpc) is 3.32. The standard InChI is InChI=1S/C27H39N3O3/c1-33-18-17-30-26(32)22-11-3-2-10-21(22)24(27(30)13-5-6-14-27)25(31)28-19-20-9-8-16-29-15-7-4-12-23(20)29/h2-3,10-11,20,23-24H,4-9,12-19H2,1H3,(H,28,31)/t20-,23+,24?/m0/s1. The van der Waals surface area contributed by atoms with Crippen LogP contribution >= 0.6 is 0 Å². The predicted octanol–water partition coefficient (Wildman–Crippen LogP) is 3.57. The van der Waals surface area contributed by atoms with Gasteiger partial charge >= 0.3 is 0 Å². The molecular formula is C27H39N3O3. The van der Waals surface area contributed by atoms with Crippen LogP contribution in [0, 0.1) is 5.92 Å². The van der Waals surface area contributed by atoms with E-state index in [4.69, 9.17) is 4.74 Å². The number of methoxy groups -OCH3 is 1. The Balaban J connectivity index is 1.41. The molecule has 2 saturated heterocycles. The number of hydrogen-bond acceptors (Lipinski definition) is 4. The summed E-state index contributed by atoms with van der Waals surface area (Å²) in [6.07, 6.45) is 10.2. The number of amides is 2. The Morgan fingerprint density at radius 2 is 1.88 bits per heavy atom. The van der Waals surface area contributed by atoms with Gasteiger partial charge in [0.25, 0.3) is 5.91 Å². The third kappa shape index (κ3) is 4.10. The molecule has 3 fully saturated rings. The Morgan fingerprint density at radius 1 is 1.09 bits per heavy atom. The molecule has 1 aliphatic carbocycles. The van der Waals surface area contributed by atoms with Gasteiger partial charge in [0, 0.05) is 31.8 Å². The van der Waals surface area contributed by atoms with E-state index < -0.39 is 5.54 Å². The second kappa shape index (κ2) is 9.75. The molecule has 3 atom stereocenters. The van der Waals surface area contributed by atoms with E-state index in [1.54, 1.807) is 7.11 Å². The van der Waals surface area contributed by atoms with E-state index in [0.29, 0.717) is 30.7 Å². The SMILES string of the molecule is COCCN1C(=O)c2ccccc2C(C(=O)NC[C@@H]2CCCN3CCCC[C@H]23)C12CCCC2. The van der Waals surface area contributed by atoms with E-state index in [-0.39, 0.29) is 17.7 Å². The maximum atomic E-state index is 14.0. The number of nitrogens with zero attached hydrogens (tertiary/aromatic N) is 2. The zero-order chi connectivity index (χ0) is 22.8. The lowest BCUT2D eigenvalue weighted by molar-refractivity contribution is -0.127. The highest BCUT2D eigenvalue weighted by molar-refractivity contribution is 6.02. The van der Waals surface area contributed by atoms with Gasteiger partial charge in [0.05, 0.1) is 18.1 Å². The summed E-state index contributed by atoms with van der Waals surface area (Å²) in [5.74, 6) is 0.385. The van der Waals surface area contributed by atoms with Crippen LogP contribution in [0.25, 0.3) is 0 Å². The summed E-state index contributed by atoms with van der Waals surface area (Å²) >= 11 is 0. The number of carbonyl (C=O) groups excluding carboxylic acids is 2. The van der Waals surface area contributed by atoms with Crippen molar-refractivity contribution in [1.82, 2.24) is 15.1 Å². The molecule has 1 N–H and O–H groups in total. The number of ether oxygens (including phenoxy) is 1. The third-order valence-electron chi connectivity index (χ3n) is 8.84. The Bertz CT molecular complexity index is 864. The number of hydrogen-bond donors (Lipinski definition) is 1. The molecular weight excluding hydrogens is 414 g/mol. The molecule has 1 saturated carbocycles. The third-order valence-corrected chi connectivity index (χ3v) is 8.84. The van der Waals surface area contributed by atoms with Crippen LogP contribution < -0.4 is 5.32 Å². The first-order chi connectivity index (χ1) is 16.2. The molecule has 1 spiro atoms. The monoisotopic (exact) mass is 453 g/mol. The van der Waals surface area contributed by atoms with Crippen molar-refractivity contribution < 1.29 is 14.3 Å². The fourth-order valence-electron chi connectivity index (χ4n) is 7.32. The summed E-state index contributed by atoms with van der Waals surface area (Å²) in [6.45, 7) is 4.20. The van der Waals surface area contributed by atoms with Crippen molar-refractivity contribution in [2.24, 2.45) is 5.92 Å². The van der Waals surface area contributed by atoms with Gasteiger partial charge in [0.2, 0.25) is 5.91 Å². The van der Waals surface area contributed by atoms with Crippen LogP contribution in [-0.2, 0) is 9.53 Å². The largest absolute Gasteiger partial charge is 0.383 e. The van der Waals surface area contributed by atoms with Crippen LogP contribution in [0.1, 0.15) is 79.6 Å². The smallest absolute Gasteiger partial charge is 0.254 e. The van der Waals surface area contributed by atoms with E-state index >= 15 is 0 Å². The predicted molar refractivity (Wildman–Crippen MR) is 128 cm³/mol. The zero-order valence-electron chi connectivity index (χ0n) is 20.1. The Morgan fingerprint density at radius 3 is 2.70 bits per heavy atom. The van der Waals surface area contributed by atoms with Crippen LogP contribution in [0.15, 0.2) is 24.3 Å². The zero-order valence-corrected chi connectivity index (χ0v) is 20.1. The van der Waals surface area contributed by atoms with Gasteiger partial charge in [-0.05, 0) is 69.2 Å². The first kappa shape index (κ1) is 22.9. The van der Waals surface area contributed by atoms with Gasteiger partial charge in [0.15, 0.2) is 0 Å². The minimum Gasteiger partial charge on any atom is -0.383 e. The number of rotatable bonds is 6. The van der Waals surface area contributed by atoms with Gasteiger partial charge in [-0.3, -0.25) is 9.59 Å². The van der Waals surface area contributed by atoms with Gasteiger partial charge in [-0.15, -0.1) is 0 Å². The van der Waals surface area contributed by atoms with Crippen LogP contribution in [0.2, 0.25) is 0 Å². The van der Waals surface area contributed by atoms with Gasteiger partial charge < -0.3 is 19.9 Å². The van der Waals surface area contributed by atoms with Gasteiger partial charge in [-0.1, -0.05) is 37.5 Å². The number of benzene rings is 1. The minimum atomic E-state index is -0.433. The van der Waals surface area contributed by atoms with Gasteiger partial charge in [0.1, 0.15) is 0 Å². The normalized spacial score (nSPS) is 29.1. The molecule has 180 valence electrons. The van der Waals surface area contributed by atoms with Gasteiger partial charge in [-0.2, -0.15) is 0 Å². The number of nitrogens with one attached hydrogen (secondary N) is 1. The molecule has 0 bridgehead atoms. The second-order valence-electron chi connectivity index (χ2n) is 10.5. The molecule has 0 aromatic heterocycles. The molecule has 33 heavy (non-hydrogen) atoms. The Labute approximate surface area is 198 Å². The Kier molecular flexibility index (Phi) is 6.75. The topological polar surface area (TPSA) is 61.9 Å². The van der Waals surface area contributed by atoms with E-state index in [0.717, 1.165) is 37.8 Å². The first-order valence-corrected chi connectivity index (χ1v) is 13.1. The molecule has 1 unspecified atom stereocenters.